The van der Waals surface area contributed by atoms with Gasteiger partial charge in [0.05, 0.1) is 0 Å². The molecule has 4 aromatic carbocycles. The van der Waals surface area contributed by atoms with E-state index in [4.69, 9.17) is 11.5 Å². The third-order valence-corrected chi connectivity index (χ3v) is 7.79. The first kappa shape index (κ1) is 18.4. The summed E-state index contributed by atoms with van der Waals surface area (Å²) in [5.74, 6) is 0. The Bertz CT molecular complexity index is 1200. The summed E-state index contributed by atoms with van der Waals surface area (Å²) in [6, 6.07) is 29.5. The predicted octanol–water partition coefficient (Wildman–Crippen LogP) is 7.52. The Kier molecular flexibility index (Phi) is 4.87. The van der Waals surface area contributed by atoms with Crippen molar-refractivity contribution < 1.29 is 0 Å². The van der Waals surface area contributed by atoms with Crippen molar-refractivity contribution in [2.45, 2.75) is 19.6 Å². The minimum atomic E-state index is 0.791. The molecule has 29 heavy (non-hydrogen) atoms. The van der Waals surface area contributed by atoms with Gasteiger partial charge >= 0.3 is 0 Å². The summed E-state index contributed by atoms with van der Waals surface area (Å²) in [6.45, 7) is 0. The number of rotatable bonds is 4. The van der Waals surface area contributed by atoms with Crippen LogP contribution in [0.15, 0.2) is 105 Å². The Balaban J connectivity index is 1.50. The van der Waals surface area contributed by atoms with Gasteiger partial charge in [-0.05, 0) is 84.9 Å². The molecule has 1 heterocycles. The van der Waals surface area contributed by atoms with Crippen LogP contribution in [0, 0.1) is 0 Å². The molecule has 0 radical (unpaired) electrons. The second kappa shape index (κ2) is 7.67. The highest BCUT2D eigenvalue weighted by Gasteiger charge is 2.09. The summed E-state index contributed by atoms with van der Waals surface area (Å²) < 4.78 is 2.63. The van der Waals surface area contributed by atoms with Crippen LogP contribution in [-0.2, 0) is 0 Å². The molecule has 0 aliphatic heterocycles. The topological polar surface area (TPSA) is 52.0 Å². The zero-order chi connectivity index (χ0) is 19.8. The molecule has 0 atom stereocenters. The van der Waals surface area contributed by atoms with E-state index in [-0.39, 0.29) is 0 Å². The van der Waals surface area contributed by atoms with Gasteiger partial charge in [0, 0.05) is 51.1 Å². The van der Waals surface area contributed by atoms with E-state index in [0.29, 0.717) is 0 Å². The molecule has 5 rings (SSSR count). The van der Waals surface area contributed by atoms with Crippen LogP contribution in [-0.4, -0.2) is 0 Å². The Morgan fingerprint density at radius 3 is 1.28 bits per heavy atom. The molecule has 4 N–H and O–H groups in total. The standard InChI is InChI=1S/C24H18N2S3/c25-15-1-5-17(6-2-15)27-19-9-11-23-21(13-19)22-14-20(10-12-24(22)29-23)28-18-7-3-16(26)4-8-18/h1-14H,25-26H2. The minimum absolute atomic E-state index is 0.791. The SMILES string of the molecule is Nc1ccc(Sc2ccc3sc4ccc(Sc5ccc(N)cc5)cc4c3c2)cc1. The van der Waals surface area contributed by atoms with Crippen molar-refractivity contribution in [1.82, 2.24) is 0 Å². The molecular formula is C24H18N2S3. The number of benzene rings is 4. The van der Waals surface area contributed by atoms with Gasteiger partial charge in [0.1, 0.15) is 0 Å². The summed E-state index contributed by atoms with van der Waals surface area (Å²) in [4.78, 5) is 4.85. The fraction of sp³-hybridized carbons (Fsp3) is 0. The van der Waals surface area contributed by atoms with Gasteiger partial charge in [0.2, 0.25) is 0 Å². The second-order valence-corrected chi connectivity index (χ2v) is 10.1. The molecule has 142 valence electrons. The lowest BCUT2D eigenvalue weighted by atomic mass is 10.1. The van der Waals surface area contributed by atoms with Crippen LogP contribution in [0.4, 0.5) is 11.4 Å². The maximum Gasteiger partial charge on any atom is 0.0356 e. The van der Waals surface area contributed by atoms with Gasteiger partial charge in [-0.3, -0.25) is 0 Å². The van der Waals surface area contributed by atoms with Gasteiger partial charge < -0.3 is 11.5 Å². The van der Waals surface area contributed by atoms with Gasteiger partial charge in [0.25, 0.3) is 0 Å². The highest BCUT2D eigenvalue weighted by Crippen LogP contribution is 2.40. The van der Waals surface area contributed by atoms with E-state index in [1.54, 1.807) is 23.5 Å². The number of nitrogen functional groups attached to an aromatic ring is 2. The molecule has 0 saturated carbocycles. The lowest BCUT2D eigenvalue weighted by Gasteiger charge is -2.04. The summed E-state index contributed by atoms with van der Waals surface area (Å²) in [5, 5.41) is 2.62. The van der Waals surface area contributed by atoms with E-state index >= 15 is 0 Å². The van der Waals surface area contributed by atoms with Crippen LogP contribution >= 0.6 is 34.9 Å². The second-order valence-electron chi connectivity index (χ2n) is 6.76. The number of thiophene rings is 1. The summed E-state index contributed by atoms with van der Waals surface area (Å²) >= 11 is 5.37. The van der Waals surface area contributed by atoms with Crippen LogP contribution in [0.25, 0.3) is 20.2 Å². The smallest absolute Gasteiger partial charge is 0.0356 e. The van der Waals surface area contributed by atoms with E-state index in [9.17, 15) is 0 Å². The number of hydrogen-bond acceptors (Lipinski definition) is 5. The molecule has 0 bridgehead atoms. The molecule has 0 saturated heterocycles. The number of fused-ring (bicyclic) bond motifs is 3. The zero-order valence-electron chi connectivity index (χ0n) is 15.5. The van der Waals surface area contributed by atoms with Crippen LogP contribution in [0.5, 0.6) is 0 Å². The summed E-state index contributed by atoms with van der Waals surface area (Å²) in [7, 11) is 0. The molecule has 0 aliphatic carbocycles. The average Bonchev–Trinajstić information content (AvgIpc) is 3.09. The molecule has 0 fully saturated rings. The van der Waals surface area contributed by atoms with Gasteiger partial charge in [0.15, 0.2) is 0 Å². The number of anilines is 2. The first-order valence-corrected chi connectivity index (χ1v) is 11.6. The van der Waals surface area contributed by atoms with E-state index in [2.05, 4.69) is 60.7 Å². The molecule has 0 aliphatic rings. The molecule has 0 spiro atoms. The molecule has 5 aromatic rings. The number of nitrogens with two attached hydrogens (primary N) is 2. The predicted molar refractivity (Wildman–Crippen MR) is 129 cm³/mol. The highest BCUT2D eigenvalue weighted by atomic mass is 32.2. The van der Waals surface area contributed by atoms with Crippen LogP contribution in [0.1, 0.15) is 0 Å². The average molecular weight is 431 g/mol. The third kappa shape index (κ3) is 3.94. The fourth-order valence-corrected chi connectivity index (χ4v) is 5.99. The first-order chi connectivity index (χ1) is 14.1. The molecule has 0 amide bonds. The lowest BCUT2D eigenvalue weighted by Crippen LogP contribution is -1.82. The Hall–Kier alpha value is -2.60. The normalized spacial score (nSPS) is 11.3. The maximum atomic E-state index is 5.80. The van der Waals surface area contributed by atoms with Crippen LogP contribution in [0.2, 0.25) is 0 Å². The van der Waals surface area contributed by atoms with Crippen molar-refractivity contribution in [2.24, 2.45) is 0 Å². The number of hydrogen-bond donors (Lipinski definition) is 2. The molecule has 2 nitrogen and oxygen atoms in total. The summed E-state index contributed by atoms with van der Waals surface area (Å²) in [5.41, 5.74) is 13.2. The quantitative estimate of drug-likeness (QED) is 0.289. The Morgan fingerprint density at radius 2 is 0.862 bits per heavy atom. The third-order valence-electron chi connectivity index (χ3n) is 4.64. The van der Waals surface area contributed by atoms with Gasteiger partial charge in [-0.15, -0.1) is 11.3 Å². The van der Waals surface area contributed by atoms with E-state index in [1.807, 2.05) is 35.6 Å². The largest absolute Gasteiger partial charge is 0.399 e. The van der Waals surface area contributed by atoms with Gasteiger partial charge in [-0.25, -0.2) is 0 Å². The van der Waals surface area contributed by atoms with Crippen molar-refractivity contribution >= 4 is 66.4 Å². The van der Waals surface area contributed by atoms with Gasteiger partial charge in [-0.2, -0.15) is 0 Å². The molecule has 0 unspecified atom stereocenters. The van der Waals surface area contributed by atoms with Crippen molar-refractivity contribution in [3.63, 3.8) is 0 Å². The maximum absolute atomic E-state index is 5.80. The van der Waals surface area contributed by atoms with Crippen LogP contribution in [0.3, 0.4) is 0 Å². The zero-order valence-corrected chi connectivity index (χ0v) is 17.9. The minimum Gasteiger partial charge on any atom is -0.399 e. The van der Waals surface area contributed by atoms with E-state index < -0.39 is 0 Å². The monoisotopic (exact) mass is 430 g/mol. The Morgan fingerprint density at radius 1 is 0.483 bits per heavy atom. The molecule has 1 aromatic heterocycles. The Labute approximate surface area is 181 Å². The molecular weight excluding hydrogens is 412 g/mol. The van der Waals surface area contributed by atoms with Crippen molar-refractivity contribution in [3.05, 3.63) is 84.9 Å². The van der Waals surface area contributed by atoms with Crippen molar-refractivity contribution in [2.75, 3.05) is 11.5 Å². The lowest BCUT2D eigenvalue weighted by molar-refractivity contribution is 1.42. The van der Waals surface area contributed by atoms with Gasteiger partial charge in [-0.1, -0.05) is 23.5 Å². The van der Waals surface area contributed by atoms with Crippen LogP contribution < -0.4 is 11.5 Å². The van der Waals surface area contributed by atoms with E-state index in [1.165, 1.54) is 39.8 Å². The molecule has 5 heteroatoms. The fourth-order valence-electron chi connectivity index (χ4n) is 3.21. The van der Waals surface area contributed by atoms with Crippen molar-refractivity contribution in [1.29, 1.82) is 0 Å². The van der Waals surface area contributed by atoms with E-state index in [0.717, 1.165) is 11.4 Å². The highest BCUT2D eigenvalue weighted by molar-refractivity contribution is 7.99. The summed E-state index contributed by atoms with van der Waals surface area (Å²) in [6.07, 6.45) is 0. The first-order valence-electron chi connectivity index (χ1n) is 9.17. The van der Waals surface area contributed by atoms with Crippen molar-refractivity contribution in [3.8, 4) is 0 Å².